The molecular formula is C25H25ClN2O4. The Morgan fingerprint density at radius 3 is 2.22 bits per heavy atom. The predicted octanol–water partition coefficient (Wildman–Crippen LogP) is 4.00. The highest BCUT2D eigenvalue weighted by atomic mass is 35.5. The van der Waals surface area contributed by atoms with E-state index in [1.165, 1.54) is 4.90 Å². The summed E-state index contributed by atoms with van der Waals surface area (Å²) in [4.78, 5) is 27.9. The molecule has 4 rings (SSSR count). The molecular weight excluding hydrogens is 428 g/mol. The molecule has 32 heavy (non-hydrogen) atoms. The molecule has 2 amide bonds. The summed E-state index contributed by atoms with van der Waals surface area (Å²) >= 11 is 0. The minimum atomic E-state index is -0.556. The van der Waals surface area contributed by atoms with Crippen molar-refractivity contribution in [3.63, 3.8) is 0 Å². The molecule has 0 radical (unpaired) electrons. The maximum atomic E-state index is 13.4. The number of hydrogen-bond acceptors (Lipinski definition) is 5. The number of carbonyl (C=O) groups excluding carboxylic acids is 2. The fourth-order valence-electron chi connectivity index (χ4n) is 3.70. The Labute approximate surface area is 193 Å². The Balaban J connectivity index is 0.00000289. The van der Waals surface area contributed by atoms with Crippen LogP contribution in [0, 0.1) is 0 Å². The fourth-order valence-corrected chi connectivity index (χ4v) is 3.70. The molecule has 0 unspecified atom stereocenters. The zero-order valence-electron chi connectivity index (χ0n) is 17.5. The number of imide groups is 1. The number of ether oxygens (including phenoxy) is 2. The van der Waals surface area contributed by atoms with Crippen LogP contribution in [0.25, 0.3) is 0 Å². The van der Waals surface area contributed by atoms with Crippen molar-refractivity contribution in [3.05, 3.63) is 101 Å². The molecule has 1 aliphatic heterocycles. The first-order valence-electron chi connectivity index (χ1n) is 10.2. The van der Waals surface area contributed by atoms with Crippen LogP contribution in [-0.4, -0.2) is 36.5 Å². The van der Waals surface area contributed by atoms with Crippen LogP contribution in [-0.2, 0) is 11.3 Å². The Morgan fingerprint density at radius 1 is 0.844 bits per heavy atom. The molecule has 1 atom stereocenters. The Bertz CT molecular complexity index is 1060. The maximum absolute atomic E-state index is 13.4. The van der Waals surface area contributed by atoms with Crippen molar-refractivity contribution in [3.8, 4) is 5.75 Å². The molecule has 3 aromatic carbocycles. The SMILES string of the molecule is Cl.NCCOc1cccc2c1C(=O)N([C@H](COCc1ccccc1)c1ccccc1)C2=O. The van der Waals surface area contributed by atoms with Crippen molar-refractivity contribution < 1.29 is 19.1 Å². The number of amides is 2. The van der Waals surface area contributed by atoms with Gasteiger partial charge in [0.25, 0.3) is 11.8 Å². The van der Waals surface area contributed by atoms with E-state index >= 15 is 0 Å². The highest BCUT2D eigenvalue weighted by Crippen LogP contribution is 2.36. The van der Waals surface area contributed by atoms with Gasteiger partial charge >= 0.3 is 0 Å². The van der Waals surface area contributed by atoms with Crippen molar-refractivity contribution in [2.75, 3.05) is 19.8 Å². The van der Waals surface area contributed by atoms with Crippen LogP contribution >= 0.6 is 12.4 Å². The molecule has 0 bridgehead atoms. The second-order valence-electron chi connectivity index (χ2n) is 7.22. The second-order valence-corrected chi connectivity index (χ2v) is 7.22. The zero-order chi connectivity index (χ0) is 21.6. The van der Waals surface area contributed by atoms with Crippen molar-refractivity contribution in [1.29, 1.82) is 0 Å². The van der Waals surface area contributed by atoms with Crippen LogP contribution < -0.4 is 10.5 Å². The highest BCUT2D eigenvalue weighted by Gasteiger charge is 2.42. The number of benzene rings is 3. The number of hydrogen-bond donors (Lipinski definition) is 1. The van der Waals surface area contributed by atoms with Gasteiger partial charge in [-0.2, -0.15) is 0 Å². The van der Waals surface area contributed by atoms with Crippen LogP contribution in [0.5, 0.6) is 5.75 Å². The number of fused-ring (bicyclic) bond motifs is 1. The topological polar surface area (TPSA) is 81.9 Å². The van der Waals surface area contributed by atoms with Crippen molar-refractivity contribution >= 4 is 24.2 Å². The second kappa shape index (κ2) is 10.9. The van der Waals surface area contributed by atoms with Gasteiger partial charge in [0.15, 0.2) is 0 Å². The summed E-state index contributed by atoms with van der Waals surface area (Å²) in [6.07, 6.45) is 0. The van der Waals surface area contributed by atoms with Crippen LogP contribution in [0.3, 0.4) is 0 Å². The van der Waals surface area contributed by atoms with E-state index in [0.717, 1.165) is 11.1 Å². The standard InChI is InChI=1S/C25H24N2O4.ClH/c26-14-15-31-22-13-7-12-20-23(22)25(29)27(24(20)28)21(19-10-5-2-6-11-19)17-30-16-18-8-3-1-4-9-18;/h1-13,21H,14-17,26H2;1H/t21-;/m1./s1. The van der Waals surface area contributed by atoms with Gasteiger partial charge in [0.2, 0.25) is 0 Å². The van der Waals surface area contributed by atoms with Gasteiger partial charge in [-0.25, -0.2) is 0 Å². The number of carbonyl (C=O) groups is 2. The van der Waals surface area contributed by atoms with Gasteiger partial charge in [0.1, 0.15) is 12.4 Å². The summed E-state index contributed by atoms with van der Waals surface area (Å²) in [6.45, 7) is 1.15. The third-order valence-electron chi connectivity index (χ3n) is 5.17. The summed E-state index contributed by atoms with van der Waals surface area (Å²) < 4.78 is 11.6. The van der Waals surface area contributed by atoms with E-state index < -0.39 is 6.04 Å². The van der Waals surface area contributed by atoms with Crippen molar-refractivity contribution in [1.82, 2.24) is 4.90 Å². The van der Waals surface area contributed by atoms with E-state index in [1.54, 1.807) is 18.2 Å². The van der Waals surface area contributed by atoms with E-state index in [9.17, 15) is 9.59 Å². The molecule has 0 aromatic heterocycles. The Morgan fingerprint density at radius 2 is 1.53 bits per heavy atom. The maximum Gasteiger partial charge on any atom is 0.265 e. The first kappa shape index (κ1) is 23.5. The lowest BCUT2D eigenvalue weighted by atomic mass is 10.1. The molecule has 1 aliphatic rings. The molecule has 0 saturated heterocycles. The van der Waals surface area contributed by atoms with Crippen molar-refractivity contribution in [2.24, 2.45) is 5.73 Å². The summed E-state index contributed by atoms with van der Waals surface area (Å²) in [5, 5.41) is 0. The minimum absolute atomic E-state index is 0. The third kappa shape index (κ3) is 4.83. The van der Waals surface area contributed by atoms with Gasteiger partial charge in [-0.3, -0.25) is 14.5 Å². The van der Waals surface area contributed by atoms with Crippen LogP contribution in [0.2, 0.25) is 0 Å². The monoisotopic (exact) mass is 452 g/mol. The molecule has 0 aliphatic carbocycles. The van der Waals surface area contributed by atoms with Gasteiger partial charge in [0.05, 0.1) is 30.4 Å². The summed E-state index contributed by atoms with van der Waals surface area (Å²) in [5.41, 5.74) is 8.00. The summed E-state index contributed by atoms with van der Waals surface area (Å²) in [7, 11) is 0. The average Bonchev–Trinajstić information content (AvgIpc) is 3.07. The summed E-state index contributed by atoms with van der Waals surface area (Å²) in [5.74, 6) is -0.360. The van der Waals surface area contributed by atoms with Gasteiger partial charge < -0.3 is 15.2 Å². The van der Waals surface area contributed by atoms with E-state index in [2.05, 4.69) is 0 Å². The van der Waals surface area contributed by atoms with Crippen LogP contribution in [0.4, 0.5) is 0 Å². The molecule has 0 saturated carbocycles. The lowest BCUT2D eigenvalue weighted by Gasteiger charge is -2.26. The smallest absolute Gasteiger partial charge is 0.265 e. The fraction of sp³-hybridized carbons (Fsp3) is 0.200. The van der Waals surface area contributed by atoms with E-state index in [0.29, 0.717) is 24.5 Å². The molecule has 1 heterocycles. The zero-order valence-corrected chi connectivity index (χ0v) is 18.3. The summed E-state index contributed by atoms with van der Waals surface area (Å²) in [6, 6.07) is 23.7. The first-order chi connectivity index (χ1) is 15.2. The third-order valence-corrected chi connectivity index (χ3v) is 5.17. The number of rotatable bonds is 9. The first-order valence-corrected chi connectivity index (χ1v) is 10.2. The van der Waals surface area contributed by atoms with E-state index in [1.807, 2.05) is 60.7 Å². The molecule has 166 valence electrons. The quantitative estimate of drug-likeness (QED) is 0.496. The molecule has 0 spiro atoms. The minimum Gasteiger partial charge on any atom is -0.491 e. The normalized spacial score (nSPS) is 13.5. The number of nitrogens with zero attached hydrogens (tertiary/aromatic N) is 1. The Hall–Kier alpha value is -3.19. The lowest BCUT2D eigenvalue weighted by Crippen LogP contribution is -2.36. The molecule has 6 nitrogen and oxygen atoms in total. The van der Waals surface area contributed by atoms with Crippen LogP contribution in [0.15, 0.2) is 78.9 Å². The largest absolute Gasteiger partial charge is 0.491 e. The highest BCUT2D eigenvalue weighted by molar-refractivity contribution is 6.22. The van der Waals surface area contributed by atoms with Gasteiger partial charge in [-0.05, 0) is 23.3 Å². The molecule has 7 heteroatoms. The van der Waals surface area contributed by atoms with Gasteiger partial charge in [0, 0.05) is 6.54 Å². The van der Waals surface area contributed by atoms with E-state index in [4.69, 9.17) is 15.2 Å². The van der Waals surface area contributed by atoms with Gasteiger partial charge in [-0.1, -0.05) is 66.7 Å². The predicted molar refractivity (Wildman–Crippen MR) is 124 cm³/mol. The van der Waals surface area contributed by atoms with E-state index in [-0.39, 0.29) is 43.0 Å². The molecule has 3 aromatic rings. The number of nitrogens with two attached hydrogens (primary N) is 1. The Kier molecular flexibility index (Phi) is 8.00. The average molecular weight is 453 g/mol. The van der Waals surface area contributed by atoms with Crippen molar-refractivity contribution in [2.45, 2.75) is 12.6 Å². The molecule has 2 N–H and O–H groups in total. The lowest BCUT2D eigenvalue weighted by molar-refractivity contribution is 0.0358. The van der Waals surface area contributed by atoms with Gasteiger partial charge in [-0.15, -0.1) is 12.4 Å². The van der Waals surface area contributed by atoms with Crippen LogP contribution in [0.1, 0.15) is 37.9 Å². The number of halogens is 1. The molecule has 0 fully saturated rings.